The maximum Gasteiger partial charge on any atom is 0.269 e. The fourth-order valence-corrected chi connectivity index (χ4v) is 1.67. The lowest BCUT2D eigenvalue weighted by atomic mass is 10.1. The Balaban J connectivity index is 2.13. The highest BCUT2D eigenvalue weighted by Crippen LogP contribution is 2.14. The largest absolute Gasteiger partial charge is 0.399 e. The standard InChI is InChI=1S/C15H12N2O3/c16-13-3-1-2-12(10-13)15(18)9-6-11-4-7-14(8-5-11)17(19)20/h1-10H,16H2. The molecule has 0 saturated heterocycles. The smallest absolute Gasteiger partial charge is 0.269 e. The van der Waals surface area contributed by atoms with Crippen molar-refractivity contribution in [1.82, 2.24) is 0 Å². The molecule has 5 nitrogen and oxygen atoms in total. The topological polar surface area (TPSA) is 86.2 Å². The van der Waals surface area contributed by atoms with Crippen LogP contribution in [0.2, 0.25) is 0 Å². The molecule has 2 rings (SSSR count). The van der Waals surface area contributed by atoms with Gasteiger partial charge in [-0.1, -0.05) is 18.2 Å². The third-order valence-electron chi connectivity index (χ3n) is 2.70. The highest BCUT2D eigenvalue weighted by atomic mass is 16.6. The number of anilines is 1. The van der Waals surface area contributed by atoms with Crippen molar-refractivity contribution in [3.05, 3.63) is 75.8 Å². The summed E-state index contributed by atoms with van der Waals surface area (Å²) in [7, 11) is 0. The van der Waals surface area contributed by atoms with Crippen molar-refractivity contribution in [3.63, 3.8) is 0 Å². The molecule has 0 fully saturated rings. The van der Waals surface area contributed by atoms with Gasteiger partial charge in [0.1, 0.15) is 0 Å². The van der Waals surface area contributed by atoms with Crippen molar-refractivity contribution < 1.29 is 9.72 Å². The average molecular weight is 268 g/mol. The van der Waals surface area contributed by atoms with E-state index < -0.39 is 4.92 Å². The highest BCUT2D eigenvalue weighted by molar-refractivity contribution is 6.07. The number of hydrogen-bond donors (Lipinski definition) is 1. The molecule has 2 aromatic rings. The van der Waals surface area contributed by atoms with E-state index in [2.05, 4.69) is 0 Å². The maximum absolute atomic E-state index is 11.9. The predicted molar refractivity (Wildman–Crippen MR) is 77.3 cm³/mol. The van der Waals surface area contributed by atoms with E-state index in [1.54, 1.807) is 42.5 Å². The van der Waals surface area contributed by atoms with Gasteiger partial charge in [0.2, 0.25) is 0 Å². The normalized spacial score (nSPS) is 10.6. The number of non-ortho nitro benzene ring substituents is 1. The molecular formula is C15H12N2O3. The average Bonchev–Trinajstić information content (AvgIpc) is 2.45. The number of benzene rings is 2. The van der Waals surface area contributed by atoms with E-state index >= 15 is 0 Å². The number of nitrogens with two attached hydrogens (primary N) is 1. The van der Waals surface area contributed by atoms with Gasteiger partial charge in [0, 0.05) is 23.4 Å². The minimum absolute atomic E-state index is 0.0179. The van der Waals surface area contributed by atoms with E-state index in [1.807, 2.05) is 0 Å². The van der Waals surface area contributed by atoms with Gasteiger partial charge < -0.3 is 5.73 Å². The third kappa shape index (κ3) is 3.29. The first-order valence-corrected chi connectivity index (χ1v) is 5.88. The van der Waals surface area contributed by atoms with Crippen LogP contribution in [-0.2, 0) is 0 Å². The fraction of sp³-hybridized carbons (Fsp3) is 0. The number of nitro groups is 1. The van der Waals surface area contributed by atoms with Crippen molar-refractivity contribution in [2.24, 2.45) is 0 Å². The summed E-state index contributed by atoms with van der Waals surface area (Å²) in [6.45, 7) is 0. The fourth-order valence-electron chi connectivity index (χ4n) is 1.67. The van der Waals surface area contributed by atoms with Crippen LogP contribution in [0.5, 0.6) is 0 Å². The third-order valence-corrected chi connectivity index (χ3v) is 2.70. The maximum atomic E-state index is 11.9. The number of allylic oxidation sites excluding steroid dienone is 1. The number of ketones is 1. The molecule has 0 unspecified atom stereocenters. The van der Waals surface area contributed by atoms with Gasteiger partial charge >= 0.3 is 0 Å². The van der Waals surface area contributed by atoms with Crippen molar-refractivity contribution >= 4 is 23.2 Å². The van der Waals surface area contributed by atoms with Gasteiger partial charge in [-0.2, -0.15) is 0 Å². The van der Waals surface area contributed by atoms with E-state index in [9.17, 15) is 14.9 Å². The first-order valence-electron chi connectivity index (χ1n) is 5.88. The second-order valence-electron chi connectivity index (χ2n) is 4.17. The molecule has 0 atom stereocenters. The summed E-state index contributed by atoms with van der Waals surface area (Å²) in [6.07, 6.45) is 3.02. The molecular weight excluding hydrogens is 256 g/mol. The zero-order valence-electron chi connectivity index (χ0n) is 10.5. The van der Waals surface area contributed by atoms with Crippen molar-refractivity contribution in [2.75, 3.05) is 5.73 Å². The lowest BCUT2D eigenvalue weighted by Crippen LogP contribution is -1.95. The van der Waals surface area contributed by atoms with Crippen LogP contribution in [0.25, 0.3) is 6.08 Å². The molecule has 0 spiro atoms. The molecule has 0 aliphatic carbocycles. The Labute approximate surface area is 115 Å². The van der Waals surface area contributed by atoms with Gasteiger partial charge in [0.15, 0.2) is 5.78 Å². The quantitative estimate of drug-likeness (QED) is 0.303. The number of nitrogen functional groups attached to an aromatic ring is 1. The molecule has 0 saturated carbocycles. The Morgan fingerprint density at radius 2 is 1.85 bits per heavy atom. The highest BCUT2D eigenvalue weighted by Gasteiger charge is 2.04. The molecule has 2 N–H and O–H groups in total. The van der Waals surface area contributed by atoms with Gasteiger partial charge in [-0.05, 0) is 35.9 Å². The predicted octanol–water partition coefficient (Wildman–Crippen LogP) is 3.07. The van der Waals surface area contributed by atoms with Crippen molar-refractivity contribution in [1.29, 1.82) is 0 Å². The Morgan fingerprint density at radius 3 is 2.45 bits per heavy atom. The number of carbonyl (C=O) groups excluding carboxylic acids is 1. The van der Waals surface area contributed by atoms with Crippen LogP contribution in [-0.4, -0.2) is 10.7 Å². The number of hydrogen-bond acceptors (Lipinski definition) is 4. The first-order chi connectivity index (χ1) is 9.56. The Morgan fingerprint density at radius 1 is 1.15 bits per heavy atom. The Bertz CT molecular complexity index is 676. The molecule has 0 radical (unpaired) electrons. The van der Waals surface area contributed by atoms with Crippen LogP contribution in [0.3, 0.4) is 0 Å². The summed E-state index contributed by atoms with van der Waals surface area (Å²) >= 11 is 0. The van der Waals surface area contributed by atoms with E-state index in [0.717, 1.165) is 0 Å². The number of carbonyl (C=O) groups is 1. The molecule has 0 aliphatic heterocycles. The Hall–Kier alpha value is -2.95. The molecule has 2 aromatic carbocycles. The molecule has 5 heteroatoms. The lowest BCUT2D eigenvalue weighted by Gasteiger charge is -1.97. The molecule has 100 valence electrons. The molecule has 0 aliphatic rings. The summed E-state index contributed by atoms with van der Waals surface area (Å²) in [5.41, 5.74) is 7.37. The van der Waals surface area contributed by atoms with Gasteiger partial charge in [0.05, 0.1) is 4.92 Å². The summed E-state index contributed by atoms with van der Waals surface area (Å²) in [6, 6.07) is 12.7. The van der Waals surface area contributed by atoms with Crippen LogP contribution in [0.1, 0.15) is 15.9 Å². The monoisotopic (exact) mass is 268 g/mol. The summed E-state index contributed by atoms with van der Waals surface area (Å²) in [5, 5.41) is 10.5. The van der Waals surface area contributed by atoms with E-state index in [1.165, 1.54) is 18.2 Å². The van der Waals surface area contributed by atoms with Crippen LogP contribution >= 0.6 is 0 Å². The molecule has 20 heavy (non-hydrogen) atoms. The molecule has 0 aromatic heterocycles. The van der Waals surface area contributed by atoms with Crippen LogP contribution in [0.15, 0.2) is 54.6 Å². The van der Waals surface area contributed by atoms with Crippen molar-refractivity contribution in [3.8, 4) is 0 Å². The van der Waals surface area contributed by atoms with E-state index in [0.29, 0.717) is 16.8 Å². The van der Waals surface area contributed by atoms with E-state index in [4.69, 9.17) is 5.73 Å². The minimum atomic E-state index is -0.467. The Kier molecular flexibility index (Phi) is 3.91. The summed E-state index contributed by atoms with van der Waals surface area (Å²) in [5.74, 6) is -0.171. The number of nitrogens with zero attached hydrogens (tertiary/aromatic N) is 1. The molecule has 0 amide bonds. The second-order valence-corrected chi connectivity index (χ2v) is 4.17. The van der Waals surface area contributed by atoms with Gasteiger partial charge in [-0.25, -0.2) is 0 Å². The van der Waals surface area contributed by atoms with E-state index in [-0.39, 0.29) is 11.5 Å². The van der Waals surface area contributed by atoms with Crippen LogP contribution in [0.4, 0.5) is 11.4 Å². The summed E-state index contributed by atoms with van der Waals surface area (Å²) in [4.78, 5) is 21.9. The minimum Gasteiger partial charge on any atom is -0.399 e. The first kappa shape index (κ1) is 13.5. The lowest BCUT2D eigenvalue weighted by molar-refractivity contribution is -0.384. The number of nitro benzene ring substituents is 1. The van der Waals surface area contributed by atoms with Gasteiger partial charge in [0.25, 0.3) is 5.69 Å². The zero-order valence-corrected chi connectivity index (χ0v) is 10.5. The zero-order chi connectivity index (χ0) is 14.5. The molecule has 0 heterocycles. The van der Waals surface area contributed by atoms with Crippen LogP contribution in [0, 0.1) is 10.1 Å². The van der Waals surface area contributed by atoms with Gasteiger partial charge in [-0.15, -0.1) is 0 Å². The van der Waals surface area contributed by atoms with Crippen molar-refractivity contribution in [2.45, 2.75) is 0 Å². The molecule has 0 bridgehead atoms. The second kappa shape index (κ2) is 5.79. The SMILES string of the molecule is Nc1cccc(C(=O)C=Cc2ccc([N+](=O)[O-])cc2)c1. The van der Waals surface area contributed by atoms with Crippen LogP contribution < -0.4 is 5.73 Å². The summed E-state index contributed by atoms with van der Waals surface area (Å²) < 4.78 is 0. The van der Waals surface area contributed by atoms with Gasteiger partial charge in [-0.3, -0.25) is 14.9 Å². The number of rotatable bonds is 4.